The summed E-state index contributed by atoms with van der Waals surface area (Å²) in [4.78, 5) is 16.3. The lowest BCUT2D eigenvalue weighted by Gasteiger charge is -2.39. The van der Waals surface area contributed by atoms with Crippen molar-refractivity contribution < 1.29 is 0 Å². The van der Waals surface area contributed by atoms with Gasteiger partial charge in [0, 0.05) is 38.3 Å². The van der Waals surface area contributed by atoms with Crippen molar-refractivity contribution in [2.24, 2.45) is 10.9 Å². The molecule has 0 unspecified atom stereocenters. The van der Waals surface area contributed by atoms with Crippen LogP contribution in [0, 0.1) is 17.4 Å². The summed E-state index contributed by atoms with van der Waals surface area (Å²) in [6, 6.07) is 2.01. The standard InChI is InChI=1S/C19H23N9/c1-13-5-9-27(19(23-12-20)26-7-2-3-8-26)11-14(13)18-25-24-16-10-22-17-15(28(16)18)4-6-21-17/h4,6,10,13-14,21H,2-3,5,7-9,11H2,1H3/t13-,14+/m1/s1. The van der Waals surface area contributed by atoms with Crippen LogP contribution < -0.4 is 0 Å². The molecule has 3 aromatic rings. The van der Waals surface area contributed by atoms with Gasteiger partial charge in [-0.1, -0.05) is 6.92 Å². The third-order valence-corrected chi connectivity index (χ3v) is 6.08. The molecule has 0 radical (unpaired) electrons. The van der Waals surface area contributed by atoms with E-state index in [4.69, 9.17) is 0 Å². The van der Waals surface area contributed by atoms with E-state index in [0.717, 1.165) is 74.0 Å². The Morgan fingerprint density at radius 3 is 2.93 bits per heavy atom. The van der Waals surface area contributed by atoms with Crippen LogP contribution in [-0.2, 0) is 0 Å². The maximum absolute atomic E-state index is 9.24. The zero-order valence-corrected chi connectivity index (χ0v) is 15.9. The first-order valence-corrected chi connectivity index (χ1v) is 9.90. The fraction of sp³-hybridized carbons (Fsp3) is 0.526. The number of aromatic amines is 1. The number of nitrogens with zero attached hydrogens (tertiary/aromatic N) is 8. The largest absolute Gasteiger partial charge is 0.345 e. The van der Waals surface area contributed by atoms with E-state index >= 15 is 0 Å². The summed E-state index contributed by atoms with van der Waals surface area (Å²) in [7, 11) is 0. The molecule has 3 aromatic heterocycles. The number of fused-ring (bicyclic) bond motifs is 3. The quantitative estimate of drug-likeness (QED) is 0.395. The zero-order valence-electron chi connectivity index (χ0n) is 15.9. The Labute approximate surface area is 162 Å². The molecule has 2 atom stereocenters. The van der Waals surface area contributed by atoms with Gasteiger partial charge in [0.15, 0.2) is 11.3 Å². The second kappa shape index (κ2) is 6.78. The fourth-order valence-corrected chi connectivity index (χ4v) is 4.53. The van der Waals surface area contributed by atoms with E-state index in [1.165, 1.54) is 0 Å². The summed E-state index contributed by atoms with van der Waals surface area (Å²) in [5.41, 5.74) is 2.59. The van der Waals surface area contributed by atoms with Crippen LogP contribution in [0.4, 0.5) is 0 Å². The van der Waals surface area contributed by atoms with Gasteiger partial charge < -0.3 is 14.8 Å². The van der Waals surface area contributed by atoms with Gasteiger partial charge in [-0.25, -0.2) is 4.98 Å². The van der Waals surface area contributed by atoms with Crippen LogP contribution in [0.2, 0.25) is 0 Å². The Kier molecular flexibility index (Phi) is 4.11. The predicted molar refractivity (Wildman–Crippen MR) is 105 cm³/mol. The molecule has 0 spiro atoms. The molecule has 0 saturated carbocycles. The fourth-order valence-electron chi connectivity index (χ4n) is 4.53. The van der Waals surface area contributed by atoms with Gasteiger partial charge in [-0.15, -0.1) is 15.2 Å². The molecular formula is C19H23N9. The van der Waals surface area contributed by atoms with Gasteiger partial charge in [0.25, 0.3) is 0 Å². The van der Waals surface area contributed by atoms with Crippen molar-refractivity contribution in [2.45, 2.75) is 32.1 Å². The summed E-state index contributed by atoms with van der Waals surface area (Å²) < 4.78 is 2.11. The number of likely N-dealkylation sites (tertiary alicyclic amines) is 2. The summed E-state index contributed by atoms with van der Waals surface area (Å²) in [6.07, 6.45) is 9.00. The summed E-state index contributed by atoms with van der Waals surface area (Å²) in [6.45, 7) is 5.91. The minimum absolute atomic E-state index is 0.204. The predicted octanol–water partition coefficient (Wildman–Crippen LogP) is 1.96. The van der Waals surface area contributed by atoms with Gasteiger partial charge in [0.2, 0.25) is 12.2 Å². The van der Waals surface area contributed by atoms with Gasteiger partial charge in [0.1, 0.15) is 5.82 Å². The van der Waals surface area contributed by atoms with Gasteiger partial charge in [-0.05, 0) is 31.2 Å². The van der Waals surface area contributed by atoms with E-state index < -0.39 is 0 Å². The molecule has 5 heterocycles. The highest BCUT2D eigenvalue weighted by molar-refractivity contribution is 5.81. The van der Waals surface area contributed by atoms with E-state index in [9.17, 15) is 5.26 Å². The minimum Gasteiger partial charge on any atom is -0.345 e. The average molecular weight is 377 g/mol. The molecule has 0 aliphatic carbocycles. The monoisotopic (exact) mass is 377 g/mol. The SMILES string of the molecule is C[C@@H]1CCN(C(=NC#N)N2CCCC2)C[C@@H]1c1nnc2cnc3[nH]ccc3n12. The van der Waals surface area contributed by atoms with E-state index in [-0.39, 0.29) is 5.92 Å². The molecule has 2 aliphatic heterocycles. The highest BCUT2D eigenvalue weighted by atomic mass is 15.4. The summed E-state index contributed by atoms with van der Waals surface area (Å²) in [5, 5.41) is 18.2. The van der Waals surface area contributed by atoms with Crippen LogP contribution in [0.15, 0.2) is 23.5 Å². The van der Waals surface area contributed by atoms with E-state index in [1.807, 2.05) is 18.5 Å². The minimum atomic E-state index is 0.204. The maximum atomic E-state index is 9.24. The Balaban J connectivity index is 1.53. The zero-order chi connectivity index (χ0) is 19.1. The molecule has 28 heavy (non-hydrogen) atoms. The molecule has 0 amide bonds. The average Bonchev–Trinajstić information content (AvgIpc) is 3.45. The van der Waals surface area contributed by atoms with Crippen molar-refractivity contribution in [1.29, 1.82) is 5.26 Å². The van der Waals surface area contributed by atoms with Crippen LogP contribution in [0.1, 0.15) is 37.9 Å². The van der Waals surface area contributed by atoms with E-state index in [2.05, 4.69) is 46.3 Å². The first-order chi connectivity index (χ1) is 13.8. The lowest BCUT2D eigenvalue weighted by Crippen LogP contribution is -2.49. The molecule has 1 N–H and O–H groups in total. The normalized spacial score (nSPS) is 23.6. The van der Waals surface area contributed by atoms with Crippen molar-refractivity contribution in [2.75, 3.05) is 26.2 Å². The molecule has 0 aromatic carbocycles. The van der Waals surface area contributed by atoms with Crippen LogP contribution in [-0.4, -0.2) is 66.5 Å². The van der Waals surface area contributed by atoms with Gasteiger partial charge in [0.05, 0.1) is 11.7 Å². The third kappa shape index (κ3) is 2.68. The second-order valence-electron chi connectivity index (χ2n) is 7.75. The topological polar surface area (TPSA) is 102 Å². The molecule has 0 bridgehead atoms. The molecular weight excluding hydrogens is 354 g/mol. The van der Waals surface area contributed by atoms with Crippen molar-refractivity contribution in [3.63, 3.8) is 0 Å². The number of aromatic nitrogens is 5. The van der Waals surface area contributed by atoms with Gasteiger partial charge in [-0.2, -0.15) is 5.26 Å². The number of piperidine rings is 1. The van der Waals surface area contributed by atoms with Crippen molar-refractivity contribution in [3.8, 4) is 6.19 Å². The van der Waals surface area contributed by atoms with E-state index in [0.29, 0.717) is 5.92 Å². The highest BCUT2D eigenvalue weighted by Gasteiger charge is 2.34. The molecule has 9 heteroatoms. The van der Waals surface area contributed by atoms with Crippen LogP contribution >= 0.6 is 0 Å². The Morgan fingerprint density at radius 2 is 2.11 bits per heavy atom. The Morgan fingerprint density at radius 1 is 1.25 bits per heavy atom. The number of nitriles is 1. The van der Waals surface area contributed by atoms with Crippen LogP contribution in [0.3, 0.4) is 0 Å². The molecule has 2 saturated heterocycles. The van der Waals surface area contributed by atoms with Crippen molar-refractivity contribution in [1.82, 2.24) is 34.4 Å². The number of aliphatic imine (C=N–C) groups is 1. The Bertz CT molecular complexity index is 1070. The number of nitrogens with one attached hydrogen (secondary N) is 1. The first kappa shape index (κ1) is 17.0. The molecule has 9 nitrogen and oxygen atoms in total. The van der Waals surface area contributed by atoms with Crippen LogP contribution in [0.25, 0.3) is 16.8 Å². The Hall–Kier alpha value is -3.15. The van der Waals surface area contributed by atoms with Crippen molar-refractivity contribution >= 4 is 22.8 Å². The van der Waals surface area contributed by atoms with E-state index in [1.54, 1.807) is 6.20 Å². The lowest BCUT2D eigenvalue weighted by atomic mass is 9.86. The molecule has 144 valence electrons. The van der Waals surface area contributed by atoms with Crippen molar-refractivity contribution in [3.05, 3.63) is 24.3 Å². The third-order valence-electron chi connectivity index (χ3n) is 6.08. The number of hydrogen-bond donors (Lipinski definition) is 1. The molecule has 2 aliphatic rings. The highest BCUT2D eigenvalue weighted by Crippen LogP contribution is 2.33. The van der Waals surface area contributed by atoms with Crippen LogP contribution in [0.5, 0.6) is 0 Å². The van der Waals surface area contributed by atoms with Gasteiger partial charge >= 0.3 is 0 Å². The molecule has 5 rings (SSSR count). The lowest BCUT2D eigenvalue weighted by molar-refractivity contribution is 0.216. The molecule has 2 fully saturated rings. The number of rotatable bonds is 1. The van der Waals surface area contributed by atoms with Gasteiger partial charge in [-0.3, -0.25) is 4.40 Å². The summed E-state index contributed by atoms with van der Waals surface area (Å²) in [5.74, 6) is 2.44. The number of guanidine groups is 1. The first-order valence-electron chi connectivity index (χ1n) is 9.90. The second-order valence-corrected chi connectivity index (χ2v) is 7.75. The number of hydrogen-bond acceptors (Lipinski definition) is 5. The summed E-state index contributed by atoms with van der Waals surface area (Å²) >= 11 is 0. The maximum Gasteiger partial charge on any atom is 0.212 e. The number of H-pyrrole nitrogens is 1. The smallest absolute Gasteiger partial charge is 0.212 e.